The fourth-order valence-corrected chi connectivity index (χ4v) is 4.04. The van der Waals surface area contributed by atoms with Crippen LogP contribution >= 0.6 is 23.5 Å². The lowest BCUT2D eigenvalue weighted by Crippen LogP contribution is -2.32. The molecule has 154 valence electrons. The third-order valence-corrected chi connectivity index (χ3v) is 5.60. The van der Waals surface area contributed by atoms with Gasteiger partial charge in [0.25, 0.3) is 5.91 Å². The van der Waals surface area contributed by atoms with Crippen molar-refractivity contribution in [2.75, 3.05) is 25.0 Å². The van der Waals surface area contributed by atoms with Crippen LogP contribution in [0.2, 0.25) is 5.02 Å². The number of amides is 1. The van der Waals surface area contributed by atoms with E-state index < -0.39 is 0 Å². The van der Waals surface area contributed by atoms with E-state index in [4.69, 9.17) is 21.1 Å². The number of nitrogens with zero attached hydrogens (tertiary/aromatic N) is 3. The molecule has 1 aliphatic heterocycles. The minimum Gasteiger partial charge on any atom is -0.496 e. The standard InChI is InChI=1S/C21H19ClN4O3S/c1-28-18-5-4-16(22)10-19(18)30-25-17-9-15-13-26(7-8-29-20(15)24-12-17)21(27)14-3-2-6-23-11-14/h2-6,9-12,25H,7-8,13H2,1H3. The van der Waals surface area contributed by atoms with Gasteiger partial charge in [-0.05, 0) is 48.3 Å². The maximum absolute atomic E-state index is 12.8. The van der Waals surface area contributed by atoms with E-state index >= 15 is 0 Å². The fourth-order valence-electron chi connectivity index (χ4n) is 3.02. The SMILES string of the molecule is COc1ccc(Cl)cc1SNc1cnc2c(c1)CN(C(=O)c1cccnc1)CCO2. The third kappa shape index (κ3) is 4.60. The molecule has 0 aliphatic carbocycles. The highest BCUT2D eigenvalue weighted by Crippen LogP contribution is 2.33. The molecule has 0 bridgehead atoms. The van der Waals surface area contributed by atoms with Crippen molar-refractivity contribution in [2.45, 2.75) is 11.4 Å². The van der Waals surface area contributed by atoms with Gasteiger partial charge in [-0.15, -0.1) is 0 Å². The number of nitrogens with one attached hydrogen (secondary N) is 1. The first-order chi connectivity index (χ1) is 14.6. The van der Waals surface area contributed by atoms with Crippen LogP contribution in [0.15, 0.2) is 59.9 Å². The molecule has 0 radical (unpaired) electrons. The minimum absolute atomic E-state index is 0.0871. The van der Waals surface area contributed by atoms with Crippen molar-refractivity contribution in [2.24, 2.45) is 0 Å². The van der Waals surface area contributed by atoms with Crippen LogP contribution in [0, 0.1) is 0 Å². The van der Waals surface area contributed by atoms with Crippen molar-refractivity contribution in [3.05, 3.63) is 71.1 Å². The minimum atomic E-state index is -0.0871. The molecule has 7 nitrogen and oxygen atoms in total. The van der Waals surface area contributed by atoms with Crippen LogP contribution < -0.4 is 14.2 Å². The Labute approximate surface area is 183 Å². The maximum atomic E-state index is 12.8. The molecule has 0 spiro atoms. The van der Waals surface area contributed by atoms with E-state index in [1.54, 1.807) is 48.8 Å². The number of aromatic nitrogens is 2. The van der Waals surface area contributed by atoms with E-state index in [1.165, 1.54) is 11.9 Å². The molecule has 1 aromatic carbocycles. The average molecular weight is 443 g/mol. The highest BCUT2D eigenvalue weighted by Gasteiger charge is 2.22. The van der Waals surface area contributed by atoms with Crippen molar-refractivity contribution in [3.63, 3.8) is 0 Å². The van der Waals surface area contributed by atoms with Crippen LogP contribution in [0.4, 0.5) is 5.69 Å². The number of hydrogen-bond acceptors (Lipinski definition) is 7. The summed E-state index contributed by atoms with van der Waals surface area (Å²) < 4.78 is 14.4. The Bertz CT molecular complexity index is 1050. The molecule has 9 heteroatoms. The first kappa shape index (κ1) is 20.3. The van der Waals surface area contributed by atoms with Crippen molar-refractivity contribution in [1.82, 2.24) is 14.9 Å². The van der Waals surface area contributed by atoms with E-state index in [9.17, 15) is 4.79 Å². The van der Waals surface area contributed by atoms with E-state index in [2.05, 4.69) is 14.7 Å². The summed E-state index contributed by atoms with van der Waals surface area (Å²) in [6.45, 7) is 1.26. The number of carbonyl (C=O) groups excluding carboxylic acids is 1. The van der Waals surface area contributed by atoms with Crippen molar-refractivity contribution in [3.8, 4) is 11.6 Å². The Kier molecular flexibility index (Phi) is 6.25. The van der Waals surface area contributed by atoms with Gasteiger partial charge < -0.3 is 19.1 Å². The molecule has 3 heterocycles. The number of fused-ring (bicyclic) bond motifs is 1. The Morgan fingerprint density at radius 1 is 1.30 bits per heavy atom. The first-order valence-electron chi connectivity index (χ1n) is 9.21. The van der Waals surface area contributed by atoms with Gasteiger partial charge in [0, 0.05) is 23.0 Å². The number of anilines is 1. The molecular formula is C21H19ClN4O3S. The molecule has 1 aliphatic rings. The van der Waals surface area contributed by atoms with Gasteiger partial charge in [0.2, 0.25) is 5.88 Å². The molecule has 2 aromatic heterocycles. The summed E-state index contributed by atoms with van der Waals surface area (Å²) >= 11 is 7.47. The zero-order valence-electron chi connectivity index (χ0n) is 16.2. The highest BCUT2D eigenvalue weighted by molar-refractivity contribution is 8.00. The van der Waals surface area contributed by atoms with E-state index in [0.29, 0.717) is 36.2 Å². The van der Waals surface area contributed by atoms with Crippen LogP contribution in [-0.2, 0) is 6.54 Å². The van der Waals surface area contributed by atoms with Gasteiger partial charge >= 0.3 is 0 Å². The molecule has 3 aromatic rings. The van der Waals surface area contributed by atoms with Gasteiger partial charge in [-0.1, -0.05) is 11.6 Å². The van der Waals surface area contributed by atoms with Crippen LogP contribution in [0.25, 0.3) is 0 Å². The molecular weight excluding hydrogens is 424 g/mol. The largest absolute Gasteiger partial charge is 0.496 e. The number of rotatable bonds is 5. The number of benzene rings is 1. The zero-order chi connectivity index (χ0) is 20.9. The molecule has 0 fully saturated rings. The molecule has 1 N–H and O–H groups in total. The van der Waals surface area contributed by atoms with E-state index in [1.807, 2.05) is 18.2 Å². The lowest BCUT2D eigenvalue weighted by molar-refractivity contribution is 0.0732. The van der Waals surface area contributed by atoms with Gasteiger partial charge in [-0.2, -0.15) is 0 Å². The van der Waals surface area contributed by atoms with Gasteiger partial charge in [0.1, 0.15) is 12.4 Å². The van der Waals surface area contributed by atoms with E-state index in [-0.39, 0.29) is 5.91 Å². The van der Waals surface area contributed by atoms with Crippen LogP contribution in [0.3, 0.4) is 0 Å². The predicted molar refractivity (Wildman–Crippen MR) is 116 cm³/mol. The Balaban J connectivity index is 1.51. The number of carbonyl (C=O) groups is 1. The molecule has 1 amide bonds. The Morgan fingerprint density at radius 2 is 2.20 bits per heavy atom. The Hall–Kier alpha value is -2.97. The van der Waals surface area contributed by atoms with Crippen molar-refractivity contribution in [1.29, 1.82) is 0 Å². The molecule has 30 heavy (non-hydrogen) atoms. The number of hydrogen-bond donors (Lipinski definition) is 1. The molecule has 0 saturated carbocycles. The van der Waals surface area contributed by atoms with Gasteiger partial charge in [0.05, 0.1) is 42.5 Å². The quantitative estimate of drug-likeness (QED) is 0.590. The summed E-state index contributed by atoms with van der Waals surface area (Å²) in [5.74, 6) is 1.17. The number of pyridine rings is 2. The summed E-state index contributed by atoms with van der Waals surface area (Å²) in [5, 5.41) is 0.623. The monoisotopic (exact) mass is 442 g/mol. The summed E-state index contributed by atoms with van der Waals surface area (Å²) in [6.07, 6.45) is 4.91. The van der Waals surface area contributed by atoms with Crippen molar-refractivity contribution < 1.29 is 14.3 Å². The number of ether oxygens (including phenoxy) is 2. The van der Waals surface area contributed by atoms with E-state index in [0.717, 1.165) is 21.9 Å². The highest BCUT2D eigenvalue weighted by atomic mass is 35.5. The number of halogens is 1. The second-order valence-electron chi connectivity index (χ2n) is 6.50. The summed E-state index contributed by atoms with van der Waals surface area (Å²) in [5.41, 5.74) is 2.15. The van der Waals surface area contributed by atoms with Crippen LogP contribution in [-0.4, -0.2) is 41.0 Å². The number of methoxy groups -OCH3 is 1. The second-order valence-corrected chi connectivity index (χ2v) is 7.79. The smallest absolute Gasteiger partial charge is 0.255 e. The van der Waals surface area contributed by atoms with Crippen LogP contribution in [0.5, 0.6) is 11.6 Å². The summed E-state index contributed by atoms with van der Waals surface area (Å²) in [4.78, 5) is 23.9. The fraction of sp³-hybridized carbons (Fsp3) is 0.190. The summed E-state index contributed by atoms with van der Waals surface area (Å²) in [6, 6.07) is 10.9. The topological polar surface area (TPSA) is 76.6 Å². The third-order valence-electron chi connectivity index (χ3n) is 4.49. The summed E-state index contributed by atoms with van der Waals surface area (Å²) in [7, 11) is 1.61. The van der Waals surface area contributed by atoms with Gasteiger partial charge in [0.15, 0.2) is 0 Å². The van der Waals surface area contributed by atoms with Gasteiger partial charge in [-0.3, -0.25) is 9.78 Å². The predicted octanol–water partition coefficient (Wildman–Crippen LogP) is 4.29. The molecule has 0 saturated heterocycles. The van der Waals surface area contributed by atoms with Crippen molar-refractivity contribution >= 4 is 35.1 Å². The second kappa shape index (κ2) is 9.23. The maximum Gasteiger partial charge on any atom is 0.255 e. The lowest BCUT2D eigenvalue weighted by atomic mass is 10.2. The van der Waals surface area contributed by atoms with Gasteiger partial charge in [-0.25, -0.2) is 4.98 Å². The Morgan fingerprint density at radius 3 is 3.00 bits per heavy atom. The molecule has 4 rings (SSSR count). The lowest BCUT2D eigenvalue weighted by Gasteiger charge is -2.19. The normalized spacial score (nSPS) is 13.1. The first-order valence-corrected chi connectivity index (χ1v) is 10.4. The molecule has 0 atom stereocenters. The zero-order valence-corrected chi connectivity index (χ0v) is 17.7. The average Bonchev–Trinajstić information content (AvgIpc) is 3.00. The van der Waals surface area contributed by atoms with Crippen LogP contribution in [0.1, 0.15) is 15.9 Å². The molecule has 0 unspecified atom stereocenters.